The largest absolute Gasteiger partial charge is 0.472 e. The Morgan fingerprint density at radius 2 is 0.985 bits per heavy atom. The summed E-state index contributed by atoms with van der Waals surface area (Å²) in [4.78, 5) is 10.6. The van der Waals surface area contributed by atoms with Gasteiger partial charge in [-0.3, -0.25) is 9.05 Å². The maximum atomic E-state index is 13.2. The summed E-state index contributed by atoms with van der Waals surface area (Å²) in [7, 11) is -5.33. The smallest absolute Gasteiger partial charge is 0.396 e. The van der Waals surface area contributed by atoms with Crippen LogP contribution in [0, 0.1) is 0 Å². The van der Waals surface area contributed by atoms with Crippen molar-refractivity contribution in [2.24, 2.45) is 0 Å². The summed E-state index contributed by atoms with van der Waals surface area (Å²) in [6.07, 6.45) is -49.8. The van der Waals surface area contributed by atoms with E-state index in [9.17, 15) is 101 Å². The van der Waals surface area contributed by atoms with Gasteiger partial charge in [-0.05, 0) is 31.4 Å². The van der Waals surface area contributed by atoms with E-state index in [4.69, 9.17) is 42.6 Å². The molecule has 29 nitrogen and oxygen atoms in total. The maximum absolute atomic E-state index is 13.2. The molecule has 0 spiro atoms. The Balaban J connectivity index is 1.71. The van der Waals surface area contributed by atoms with Crippen LogP contribution >= 0.6 is 20.5 Å². The van der Waals surface area contributed by atoms with Crippen LogP contribution in [0.1, 0.15) is 38.5 Å². The second kappa shape index (κ2) is 28.6. The van der Waals surface area contributed by atoms with Gasteiger partial charge in [0, 0.05) is 6.61 Å². The lowest BCUT2D eigenvalue weighted by atomic mass is 9.84. The lowest BCUT2D eigenvalue weighted by Gasteiger charge is -2.46. The van der Waals surface area contributed by atoms with Crippen molar-refractivity contribution < 1.29 is 144 Å². The van der Waals surface area contributed by atoms with E-state index in [2.05, 4.69) is 12.6 Å². The van der Waals surface area contributed by atoms with Crippen molar-refractivity contribution in [3.63, 3.8) is 0 Å². The molecule has 1 aliphatic carbocycles. The van der Waals surface area contributed by atoms with Crippen LogP contribution < -0.4 is 0 Å². The number of hydrogen-bond donors (Lipinski definition) is 21. The number of hydrogen-bond acceptors (Lipinski definition) is 29. The van der Waals surface area contributed by atoms with Crippen molar-refractivity contribution in [3.8, 4) is 0 Å². The quantitative estimate of drug-likeness (QED) is 0.0143. The average Bonchev–Trinajstić information content (AvgIpc) is 3.29. The minimum Gasteiger partial charge on any atom is -0.396 e. The highest BCUT2D eigenvalue weighted by atomic mass is 32.1. The first kappa shape index (κ1) is 60.8. The first-order chi connectivity index (χ1) is 31.4. The zero-order valence-electron chi connectivity index (χ0n) is 35.9. The number of ether oxygens (including phenoxy) is 6. The maximum Gasteiger partial charge on any atom is 0.472 e. The molecule has 0 aromatic carbocycles. The first-order valence-electron chi connectivity index (χ1n) is 21.3. The van der Waals surface area contributed by atoms with Crippen LogP contribution in [0.5, 0.6) is 0 Å². The first-order valence-corrected chi connectivity index (χ1v) is 23.5. The van der Waals surface area contributed by atoms with Crippen molar-refractivity contribution in [3.05, 3.63) is 0 Å². The topological polar surface area (TPSA) is 496 Å². The molecular formula is C36H69O29PS. The summed E-state index contributed by atoms with van der Waals surface area (Å²) >= 11 is 4.09. The molecule has 0 radical (unpaired) electrons. The highest BCUT2D eigenvalue weighted by molar-refractivity contribution is 7.80. The van der Waals surface area contributed by atoms with Crippen molar-refractivity contribution in [2.75, 3.05) is 38.8 Å². The molecule has 3 rings (SSSR count). The van der Waals surface area contributed by atoms with Gasteiger partial charge >= 0.3 is 7.82 Å². The highest BCUT2D eigenvalue weighted by Crippen LogP contribution is 2.48. The molecular weight excluding hydrogens is 959 g/mol. The van der Waals surface area contributed by atoms with Gasteiger partial charge in [0.25, 0.3) is 0 Å². The van der Waals surface area contributed by atoms with Crippen LogP contribution in [0.25, 0.3) is 0 Å². The lowest BCUT2D eigenvalue weighted by molar-refractivity contribution is -0.331. The van der Waals surface area contributed by atoms with Crippen LogP contribution in [0.3, 0.4) is 0 Å². The molecule has 3 aliphatic rings. The molecule has 0 bridgehead atoms. The van der Waals surface area contributed by atoms with Gasteiger partial charge < -0.3 is 130 Å². The van der Waals surface area contributed by atoms with Gasteiger partial charge in [-0.2, -0.15) is 12.6 Å². The van der Waals surface area contributed by atoms with Crippen molar-refractivity contribution >= 4 is 20.5 Å². The van der Waals surface area contributed by atoms with E-state index in [0.29, 0.717) is 18.6 Å². The average molecular weight is 1030 g/mol. The Hall–Kier alpha value is -0.540. The number of aliphatic hydroxyl groups is 19. The monoisotopic (exact) mass is 1030 g/mol. The Bertz CT molecular complexity index is 1430. The minimum atomic E-state index is -5.33. The fourth-order valence-corrected chi connectivity index (χ4v) is 8.37. The third kappa shape index (κ3) is 16.7. The number of phosphoric ester groups is 1. The molecule has 10 unspecified atom stereocenters. The van der Waals surface area contributed by atoms with Crippen molar-refractivity contribution in [2.45, 2.75) is 186 Å². The zero-order chi connectivity index (χ0) is 50.5. The molecule has 1 saturated carbocycles. The molecule has 2 saturated heterocycles. The van der Waals surface area contributed by atoms with Crippen LogP contribution in [0.15, 0.2) is 0 Å². The Kier molecular flexibility index (Phi) is 26.0. The van der Waals surface area contributed by atoms with Crippen LogP contribution in [0.2, 0.25) is 0 Å². The van der Waals surface area contributed by atoms with Gasteiger partial charge in [-0.1, -0.05) is 12.8 Å². The summed E-state index contributed by atoms with van der Waals surface area (Å²) in [5.41, 5.74) is 0. The molecule has 2 heterocycles. The second-order valence-electron chi connectivity index (χ2n) is 16.3. The molecule has 31 heteroatoms. The van der Waals surface area contributed by atoms with Crippen molar-refractivity contribution in [1.82, 2.24) is 0 Å². The van der Waals surface area contributed by atoms with E-state index in [0.717, 1.165) is 6.42 Å². The summed E-state index contributed by atoms with van der Waals surface area (Å²) in [5, 5.41) is 197. The van der Waals surface area contributed by atoms with Crippen molar-refractivity contribution in [1.29, 1.82) is 0 Å². The molecule has 25 atom stereocenters. The molecule has 3 fully saturated rings. The number of phosphoric acid groups is 1. The summed E-state index contributed by atoms with van der Waals surface area (Å²) < 4.78 is 55.1. The van der Waals surface area contributed by atoms with E-state index in [1.807, 2.05) is 0 Å². The molecule has 0 aromatic heterocycles. The fraction of sp³-hybridized carbons (Fsp3) is 1.00. The minimum absolute atomic E-state index is 0.217. The van der Waals surface area contributed by atoms with E-state index >= 15 is 0 Å². The molecule has 0 aromatic rings. The highest BCUT2D eigenvalue weighted by Gasteiger charge is 2.56. The predicted molar refractivity (Wildman–Crippen MR) is 217 cm³/mol. The van der Waals surface area contributed by atoms with Crippen LogP contribution in [0.4, 0.5) is 0 Å². The Labute approximate surface area is 388 Å². The molecule has 0 amide bonds. The molecule has 67 heavy (non-hydrogen) atoms. The Morgan fingerprint density at radius 1 is 0.522 bits per heavy atom. The summed E-state index contributed by atoms with van der Waals surface area (Å²) in [6.45, 7) is -3.24. The number of rotatable bonds is 29. The standard InChI is InChI=1S/C36H69O29PS/c37-7-5-13(39)17(41)26(50)33(54)63-30-24(48)23(47)25(49)31(32(30)65-66(56,57)60-8-3-1-2-4-10-67)64-34(55)27(51)18(42)14(40)6-9-58-35-28(52)22(46)20(44)16(62-35)12-59-36-29(53)21(45)19(43)15(11-38)61-36/h13-55,67H,1-12H2,(H,56,57)/t13-,14-,15?,16?,17?,18?,19-,20-,21+,22?,23-,24-,25?,26-,27-,28-,29?,30?,31?,32-,33-,34-,35+,36+/m1/s1. The number of unbranched alkanes of at least 4 members (excludes halogenated alkanes) is 3. The lowest BCUT2D eigenvalue weighted by Crippen LogP contribution is -2.67. The molecule has 20 N–H and O–H groups in total. The fourth-order valence-electron chi connectivity index (χ4n) is 7.17. The van der Waals surface area contributed by atoms with Gasteiger partial charge in [0.15, 0.2) is 25.2 Å². The van der Waals surface area contributed by atoms with Crippen LogP contribution in [-0.4, -0.2) is 288 Å². The predicted octanol–water partition coefficient (Wildman–Crippen LogP) is -9.94. The third-order valence-corrected chi connectivity index (χ3v) is 12.6. The van der Waals surface area contributed by atoms with Gasteiger partial charge in [0.1, 0.15) is 110 Å². The SMILES string of the molecule is O=P(O)(OCCCCCCS)O[C@H]1C(O[C@@H](O)[C@H](O)C(O)[C@H](O)CCO[C@H]2OC(CO[C@H]3OC(CO)[C@@H](O)[C@H](O)C3O)[C@@H](O)C(O)[C@H]2O)C(O)[C@H](O)[C@@H](O)C1O[C@@H](O)[C@H](O)C(O)[C@H](O)CCO. The summed E-state index contributed by atoms with van der Waals surface area (Å²) in [5.74, 6) is 0.575. The van der Waals surface area contributed by atoms with Gasteiger partial charge in [-0.25, -0.2) is 4.57 Å². The van der Waals surface area contributed by atoms with E-state index in [1.54, 1.807) is 0 Å². The van der Waals surface area contributed by atoms with E-state index in [-0.39, 0.29) is 6.42 Å². The third-order valence-electron chi connectivity index (χ3n) is 11.3. The molecule has 398 valence electrons. The normalized spacial score (nSPS) is 38.6. The number of aliphatic hydroxyl groups excluding tert-OH is 19. The van der Waals surface area contributed by atoms with Gasteiger partial charge in [0.05, 0.1) is 38.6 Å². The van der Waals surface area contributed by atoms with Gasteiger partial charge in [0.2, 0.25) is 0 Å². The number of thiol groups is 1. The van der Waals surface area contributed by atoms with E-state index in [1.165, 1.54) is 0 Å². The van der Waals surface area contributed by atoms with Crippen LogP contribution in [-0.2, 0) is 42.0 Å². The Morgan fingerprint density at radius 3 is 1.49 bits per heavy atom. The second-order valence-corrected chi connectivity index (χ2v) is 18.1. The van der Waals surface area contributed by atoms with E-state index < -0.39 is 201 Å². The van der Waals surface area contributed by atoms with Gasteiger partial charge in [-0.15, -0.1) is 0 Å². The zero-order valence-corrected chi connectivity index (χ0v) is 37.6. The molecule has 2 aliphatic heterocycles. The summed E-state index contributed by atoms with van der Waals surface area (Å²) in [6, 6.07) is 0.